The molecule has 1 amide bonds. The summed E-state index contributed by atoms with van der Waals surface area (Å²) in [6.45, 7) is 2.54. The lowest BCUT2D eigenvalue weighted by Gasteiger charge is -2.27. The second-order valence-corrected chi connectivity index (χ2v) is 10.0. The van der Waals surface area contributed by atoms with Crippen molar-refractivity contribution >= 4 is 15.7 Å². The van der Waals surface area contributed by atoms with Gasteiger partial charge in [-0.05, 0) is 25.0 Å². The van der Waals surface area contributed by atoms with E-state index in [4.69, 9.17) is 0 Å². The summed E-state index contributed by atoms with van der Waals surface area (Å²) in [6.07, 6.45) is 2.17. The Bertz CT molecular complexity index is 1090. The van der Waals surface area contributed by atoms with Gasteiger partial charge in [-0.1, -0.05) is 61.9 Å². The highest BCUT2D eigenvalue weighted by molar-refractivity contribution is 7.91. The molecule has 1 aliphatic rings. The number of aromatic nitrogens is 3. The number of hydrogen-bond acceptors (Lipinski definition) is 5. The molecule has 2 aromatic carbocycles. The minimum absolute atomic E-state index is 0.00733. The summed E-state index contributed by atoms with van der Waals surface area (Å²) in [5, 5.41) is 4.56. The Hall–Kier alpha value is -3.00. The van der Waals surface area contributed by atoms with Crippen LogP contribution in [0.5, 0.6) is 0 Å². The monoisotopic (exact) mass is 438 g/mol. The molecule has 162 valence electrons. The van der Waals surface area contributed by atoms with Crippen molar-refractivity contribution in [2.75, 3.05) is 18.1 Å². The molecular weight excluding hydrogens is 412 g/mol. The zero-order valence-corrected chi connectivity index (χ0v) is 18.3. The van der Waals surface area contributed by atoms with Crippen molar-refractivity contribution in [2.45, 2.75) is 32.2 Å². The van der Waals surface area contributed by atoms with Gasteiger partial charge in [-0.15, -0.1) is 5.10 Å². The van der Waals surface area contributed by atoms with Crippen LogP contribution in [0.2, 0.25) is 0 Å². The largest absolute Gasteiger partial charge is 0.332 e. The third kappa shape index (κ3) is 4.69. The number of sulfone groups is 1. The van der Waals surface area contributed by atoms with Gasteiger partial charge in [0, 0.05) is 18.2 Å². The Kier molecular flexibility index (Phi) is 6.18. The van der Waals surface area contributed by atoms with Crippen LogP contribution in [0, 0.1) is 0 Å². The summed E-state index contributed by atoms with van der Waals surface area (Å²) in [5.41, 5.74) is 1.65. The number of hydrogen-bond donors (Lipinski definition) is 0. The first-order valence-electron chi connectivity index (χ1n) is 10.6. The minimum atomic E-state index is -3.11. The quantitative estimate of drug-likeness (QED) is 0.565. The molecular formula is C23H26N4O3S. The fraction of sp³-hybridized carbons (Fsp3) is 0.348. The topological polar surface area (TPSA) is 85.2 Å². The summed E-state index contributed by atoms with van der Waals surface area (Å²) in [6, 6.07) is 18.8. The zero-order valence-electron chi connectivity index (χ0n) is 17.5. The van der Waals surface area contributed by atoms with Crippen LogP contribution in [-0.2, 0) is 9.84 Å². The number of benzene rings is 2. The smallest absolute Gasteiger partial charge is 0.293 e. The van der Waals surface area contributed by atoms with E-state index in [1.54, 1.807) is 9.58 Å². The maximum absolute atomic E-state index is 13.5. The van der Waals surface area contributed by atoms with Gasteiger partial charge < -0.3 is 4.90 Å². The Morgan fingerprint density at radius 2 is 1.77 bits per heavy atom. The Morgan fingerprint density at radius 1 is 1.10 bits per heavy atom. The number of amides is 1. The van der Waals surface area contributed by atoms with Gasteiger partial charge in [0.25, 0.3) is 5.91 Å². The standard InChI is InChI=1S/C23H26N4O3S/c1-2-3-15-26(20-14-16-31(29,30)17-20)23(28)21-24-22(18-10-6-4-7-11-18)27(25-21)19-12-8-5-9-13-19/h4-13,20H,2-3,14-17H2,1H3. The van der Waals surface area contributed by atoms with Gasteiger partial charge >= 0.3 is 0 Å². The second-order valence-electron chi connectivity index (χ2n) is 7.78. The summed E-state index contributed by atoms with van der Waals surface area (Å²) in [4.78, 5) is 19.7. The molecule has 1 fully saturated rings. The molecule has 0 saturated carbocycles. The van der Waals surface area contributed by atoms with Crippen molar-refractivity contribution < 1.29 is 13.2 Å². The maximum atomic E-state index is 13.5. The normalized spacial score (nSPS) is 17.5. The van der Waals surface area contributed by atoms with Crippen molar-refractivity contribution in [1.29, 1.82) is 0 Å². The molecule has 31 heavy (non-hydrogen) atoms. The molecule has 8 heteroatoms. The first kappa shape index (κ1) is 21.2. The molecule has 0 bridgehead atoms. The molecule has 1 aromatic heterocycles. The van der Waals surface area contributed by atoms with Crippen LogP contribution in [-0.4, -0.2) is 58.1 Å². The number of nitrogens with zero attached hydrogens (tertiary/aromatic N) is 4. The van der Waals surface area contributed by atoms with Crippen molar-refractivity contribution in [3.63, 3.8) is 0 Å². The molecule has 1 saturated heterocycles. The van der Waals surface area contributed by atoms with Crippen molar-refractivity contribution in [2.24, 2.45) is 0 Å². The van der Waals surface area contributed by atoms with E-state index in [2.05, 4.69) is 10.1 Å². The molecule has 0 aliphatic carbocycles. The second kappa shape index (κ2) is 9.01. The van der Waals surface area contributed by atoms with E-state index in [0.717, 1.165) is 24.1 Å². The predicted molar refractivity (Wildman–Crippen MR) is 120 cm³/mol. The Morgan fingerprint density at radius 3 is 2.39 bits per heavy atom. The van der Waals surface area contributed by atoms with Crippen LogP contribution in [0.3, 0.4) is 0 Å². The minimum Gasteiger partial charge on any atom is -0.332 e. The third-order valence-corrected chi connectivity index (χ3v) is 7.24. The predicted octanol–water partition coefficient (Wildman–Crippen LogP) is 3.36. The first-order valence-corrected chi connectivity index (χ1v) is 12.4. The molecule has 3 aromatic rings. The van der Waals surface area contributed by atoms with Crippen LogP contribution in [0.1, 0.15) is 36.8 Å². The maximum Gasteiger partial charge on any atom is 0.293 e. The molecule has 1 aliphatic heterocycles. The number of carbonyl (C=O) groups excluding carboxylic acids is 1. The summed E-state index contributed by atoms with van der Waals surface area (Å²) in [7, 11) is -3.11. The van der Waals surface area contributed by atoms with E-state index in [9.17, 15) is 13.2 Å². The molecule has 4 rings (SSSR count). The Labute approximate surface area is 182 Å². The van der Waals surface area contributed by atoms with Crippen LogP contribution in [0.4, 0.5) is 0 Å². The van der Waals surface area contributed by atoms with Gasteiger partial charge in [-0.25, -0.2) is 18.1 Å². The van der Waals surface area contributed by atoms with Gasteiger partial charge in [0.2, 0.25) is 5.82 Å². The fourth-order valence-electron chi connectivity index (χ4n) is 3.85. The van der Waals surface area contributed by atoms with Crippen LogP contribution >= 0.6 is 0 Å². The van der Waals surface area contributed by atoms with Crippen molar-refractivity contribution in [3.05, 3.63) is 66.5 Å². The highest BCUT2D eigenvalue weighted by Crippen LogP contribution is 2.24. The molecule has 2 heterocycles. The lowest BCUT2D eigenvalue weighted by molar-refractivity contribution is 0.0681. The number of rotatable bonds is 7. The van der Waals surface area contributed by atoms with Crippen LogP contribution in [0.25, 0.3) is 17.1 Å². The highest BCUT2D eigenvalue weighted by atomic mass is 32.2. The molecule has 1 unspecified atom stereocenters. The van der Waals surface area contributed by atoms with E-state index < -0.39 is 9.84 Å². The van der Waals surface area contributed by atoms with Crippen LogP contribution < -0.4 is 0 Å². The first-order chi connectivity index (χ1) is 15.0. The zero-order chi connectivity index (χ0) is 21.8. The van der Waals surface area contributed by atoms with Gasteiger partial charge in [-0.2, -0.15) is 0 Å². The average Bonchev–Trinajstić information content (AvgIpc) is 3.39. The van der Waals surface area contributed by atoms with E-state index in [1.807, 2.05) is 67.6 Å². The molecule has 0 spiro atoms. The van der Waals surface area contributed by atoms with Crippen molar-refractivity contribution in [3.8, 4) is 17.1 Å². The van der Waals surface area contributed by atoms with E-state index in [-0.39, 0.29) is 29.3 Å². The number of unbranched alkanes of at least 4 members (excludes halogenated alkanes) is 1. The van der Waals surface area contributed by atoms with Gasteiger partial charge in [0.15, 0.2) is 15.7 Å². The van der Waals surface area contributed by atoms with E-state index in [1.165, 1.54) is 0 Å². The van der Waals surface area contributed by atoms with E-state index >= 15 is 0 Å². The molecule has 1 atom stereocenters. The van der Waals surface area contributed by atoms with Gasteiger partial charge in [0.1, 0.15) is 0 Å². The van der Waals surface area contributed by atoms with Crippen molar-refractivity contribution in [1.82, 2.24) is 19.7 Å². The van der Waals surface area contributed by atoms with Gasteiger partial charge in [0.05, 0.1) is 17.2 Å². The lowest BCUT2D eigenvalue weighted by atomic mass is 10.2. The lowest BCUT2D eigenvalue weighted by Crippen LogP contribution is -2.42. The van der Waals surface area contributed by atoms with Gasteiger partial charge in [-0.3, -0.25) is 4.79 Å². The third-order valence-electron chi connectivity index (χ3n) is 5.49. The van der Waals surface area contributed by atoms with Crippen LogP contribution in [0.15, 0.2) is 60.7 Å². The number of carbonyl (C=O) groups is 1. The summed E-state index contributed by atoms with van der Waals surface area (Å²) >= 11 is 0. The fourth-order valence-corrected chi connectivity index (χ4v) is 5.58. The highest BCUT2D eigenvalue weighted by Gasteiger charge is 2.36. The Balaban J connectivity index is 1.74. The SMILES string of the molecule is CCCCN(C(=O)c1nc(-c2ccccc2)n(-c2ccccc2)n1)C1CCS(=O)(=O)C1. The summed E-state index contributed by atoms with van der Waals surface area (Å²) in [5.74, 6) is 0.470. The number of para-hydroxylation sites is 1. The van der Waals surface area contributed by atoms with E-state index in [0.29, 0.717) is 18.8 Å². The average molecular weight is 439 g/mol. The molecule has 7 nitrogen and oxygen atoms in total. The molecule has 0 N–H and O–H groups in total. The summed E-state index contributed by atoms with van der Waals surface area (Å²) < 4.78 is 25.7. The molecule has 0 radical (unpaired) electrons.